The molecule has 0 bridgehead atoms. The van der Waals surface area contributed by atoms with E-state index >= 15 is 0 Å². The van der Waals surface area contributed by atoms with Crippen molar-refractivity contribution in [3.05, 3.63) is 42.1 Å². The second-order valence-electron chi connectivity index (χ2n) is 4.92. The van der Waals surface area contributed by atoms with Crippen molar-refractivity contribution in [3.63, 3.8) is 0 Å². The molecule has 0 aliphatic carbocycles. The van der Waals surface area contributed by atoms with Gasteiger partial charge in [0.15, 0.2) is 5.65 Å². The Kier molecular flexibility index (Phi) is 3.83. The number of aromatic nitrogens is 3. The molecule has 0 atom stereocenters. The van der Waals surface area contributed by atoms with Crippen molar-refractivity contribution in [1.82, 2.24) is 15.2 Å². The second kappa shape index (κ2) is 5.93. The lowest BCUT2D eigenvalue weighted by Crippen LogP contribution is -1.93. The third-order valence-electron chi connectivity index (χ3n) is 3.50. The van der Waals surface area contributed by atoms with Gasteiger partial charge in [0.2, 0.25) is 0 Å². The van der Waals surface area contributed by atoms with Crippen LogP contribution in [0.25, 0.3) is 22.3 Å². The van der Waals surface area contributed by atoms with Crippen molar-refractivity contribution in [1.29, 1.82) is 0 Å². The molecule has 0 amide bonds. The minimum absolute atomic E-state index is 0.211. The second-order valence-corrected chi connectivity index (χ2v) is 4.92. The van der Waals surface area contributed by atoms with Gasteiger partial charge in [-0.1, -0.05) is 12.1 Å². The number of aromatic hydroxyl groups is 1. The molecule has 3 aromatic rings. The average Bonchev–Trinajstić information content (AvgIpc) is 2.90. The van der Waals surface area contributed by atoms with Gasteiger partial charge in [0.05, 0.1) is 5.69 Å². The summed E-state index contributed by atoms with van der Waals surface area (Å²) in [5.74, 6) is 0.211. The monoisotopic (exact) mass is 283 g/mol. The molecule has 5 nitrogen and oxygen atoms in total. The summed E-state index contributed by atoms with van der Waals surface area (Å²) in [6, 6.07) is 9.12. The van der Waals surface area contributed by atoms with Crippen molar-refractivity contribution in [2.75, 3.05) is 13.7 Å². The molecule has 5 heteroatoms. The van der Waals surface area contributed by atoms with E-state index in [2.05, 4.69) is 15.2 Å². The molecule has 1 aromatic carbocycles. The fraction of sp³-hybridized carbons (Fsp3) is 0.250. The molecule has 3 rings (SSSR count). The van der Waals surface area contributed by atoms with Crippen LogP contribution in [0.5, 0.6) is 5.75 Å². The number of hydrogen-bond acceptors (Lipinski definition) is 4. The van der Waals surface area contributed by atoms with Crippen molar-refractivity contribution in [3.8, 4) is 17.0 Å². The Morgan fingerprint density at radius 3 is 2.90 bits per heavy atom. The molecule has 2 aromatic heterocycles. The third kappa shape index (κ3) is 2.73. The number of phenols is 1. The van der Waals surface area contributed by atoms with Gasteiger partial charge in [-0.05, 0) is 36.6 Å². The summed E-state index contributed by atoms with van der Waals surface area (Å²) in [6.45, 7) is 0.734. The Hall–Kier alpha value is -2.40. The first-order chi connectivity index (χ1) is 10.3. The van der Waals surface area contributed by atoms with Gasteiger partial charge in [-0.2, -0.15) is 0 Å². The minimum atomic E-state index is 0.211. The van der Waals surface area contributed by atoms with E-state index in [4.69, 9.17) is 4.74 Å². The maximum Gasteiger partial charge on any atom is 0.160 e. The van der Waals surface area contributed by atoms with Crippen LogP contribution in [-0.4, -0.2) is 34.0 Å². The molecule has 0 saturated carbocycles. The number of benzene rings is 1. The lowest BCUT2D eigenvalue weighted by molar-refractivity contribution is 0.195. The third-order valence-corrected chi connectivity index (χ3v) is 3.50. The molecular formula is C16H17N3O2. The number of nitrogens with zero attached hydrogens (tertiary/aromatic N) is 2. The highest BCUT2D eigenvalue weighted by Gasteiger charge is 2.10. The largest absolute Gasteiger partial charge is 0.507 e. The highest BCUT2D eigenvalue weighted by Crippen LogP contribution is 2.29. The molecule has 0 aliphatic rings. The molecule has 0 saturated heterocycles. The van der Waals surface area contributed by atoms with Gasteiger partial charge in [-0.3, -0.25) is 0 Å². The van der Waals surface area contributed by atoms with Crippen molar-refractivity contribution in [2.45, 2.75) is 12.8 Å². The summed E-state index contributed by atoms with van der Waals surface area (Å²) in [4.78, 5) is 3.13. The number of phenolic OH excluding ortho intramolecular Hbond substituents is 1. The van der Waals surface area contributed by atoms with Gasteiger partial charge >= 0.3 is 0 Å². The number of rotatable bonds is 5. The minimum Gasteiger partial charge on any atom is -0.507 e. The van der Waals surface area contributed by atoms with Crippen LogP contribution < -0.4 is 0 Å². The number of methoxy groups -OCH3 is 1. The number of H-pyrrole nitrogens is 1. The highest BCUT2D eigenvalue weighted by molar-refractivity contribution is 5.83. The zero-order valence-corrected chi connectivity index (χ0v) is 11.8. The smallest absolute Gasteiger partial charge is 0.160 e. The van der Waals surface area contributed by atoms with E-state index in [9.17, 15) is 5.11 Å². The van der Waals surface area contributed by atoms with Gasteiger partial charge < -0.3 is 14.8 Å². The Morgan fingerprint density at radius 1 is 1.24 bits per heavy atom. The van der Waals surface area contributed by atoms with Crippen molar-refractivity contribution in [2.24, 2.45) is 0 Å². The summed E-state index contributed by atoms with van der Waals surface area (Å²) >= 11 is 0. The number of ether oxygens (including phenoxy) is 1. The molecule has 2 N–H and O–H groups in total. The van der Waals surface area contributed by atoms with Gasteiger partial charge in [0.1, 0.15) is 5.75 Å². The van der Waals surface area contributed by atoms with Crippen LogP contribution in [0.15, 0.2) is 36.5 Å². The van der Waals surface area contributed by atoms with Gasteiger partial charge in [0, 0.05) is 30.9 Å². The van der Waals surface area contributed by atoms with Crippen LogP contribution in [0, 0.1) is 0 Å². The Labute approximate surface area is 122 Å². The van der Waals surface area contributed by atoms with Crippen molar-refractivity contribution < 1.29 is 9.84 Å². The highest BCUT2D eigenvalue weighted by atomic mass is 16.5. The Bertz CT molecular complexity index is 752. The SMILES string of the molecule is COCCCc1c[nH]c2nnc(-c3ccccc3O)cc12. The van der Waals surface area contributed by atoms with Crippen LogP contribution in [0.4, 0.5) is 0 Å². The molecule has 0 radical (unpaired) electrons. The summed E-state index contributed by atoms with van der Waals surface area (Å²) in [5.41, 5.74) is 3.32. The lowest BCUT2D eigenvalue weighted by atomic mass is 10.1. The fourth-order valence-corrected chi connectivity index (χ4v) is 2.41. The van der Waals surface area contributed by atoms with Crippen LogP contribution in [0.2, 0.25) is 0 Å². The normalized spacial score (nSPS) is 11.1. The Morgan fingerprint density at radius 2 is 2.10 bits per heavy atom. The fourth-order valence-electron chi connectivity index (χ4n) is 2.41. The van der Waals surface area contributed by atoms with E-state index in [0.717, 1.165) is 30.5 Å². The maximum absolute atomic E-state index is 9.94. The first-order valence-corrected chi connectivity index (χ1v) is 6.90. The predicted octanol–water partition coefficient (Wildman–Crippen LogP) is 2.91. The predicted molar refractivity (Wildman–Crippen MR) is 81.2 cm³/mol. The van der Waals surface area contributed by atoms with E-state index in [0.29, 0.717) is 11.3 Å². The van der Waals surface area contributed by atoms with Gasteiger partial charge in [-0.15, -0.1) is 10.2 Å². The van der Waals surface area contributed by atoms with E-state index < -0.39 is 0 Å². The number of fused-ring (bicyclic) bond motifs is 1. The molecular weight excluding hydrogens is 266 g/mol. The van der Waals surface area contributed by atoms with Gasteiger partial charge in [-0.25, -0.2) is 0 Å². The summed E-state index contributed by atoms with van der Waals surface area (Å²) in [7, 11) is 1.71. The summed E-state index contributed by atoms with van der Waals surface area (Å²) in [5, 5.41) is 19.4. The summed E-state index contributed by atoms with van der Waals surface area (Å²) < 4.78 is 5.09. The zero-order chi connectivity index (χ0) is 14.7. The first kappa shape index (κ1) is 13.6. The quantitative estimate of drug-likeness (QED) is 0.706. The van der Waals surface area contributed by atoms with Crippen LogP contribution >= 0.6 is 0 Å². The summed E-state index contributed by atoms with van der Waals surface area (Å²) in [6.07, 6.45) is 3.83. The number of para-hydroxylation sites is 1. The number of hydrogen-bond donors (Lipinski definition) is 2. The van der Waals surface area contributed by atoms with E-state index in [1.165, 1.54) is 5.56 Å². The first-order valence-electron chi connectivity index (χ1n) is 6.90. The molecule has 2 heterocycles. The maximum atomic E-state index is 9.94. The zero-order valence-electron chi connectivity index (χ0n) is 11.8. The molecule has 108 valence electrons. The molecule has 0 aliphatic heterocycles. The molecule has 0 unspecified atom stereocenters. The van der Waals surface area contributed by atoms with Crippen LogP contribution in [-0.2, 0) is 11.2 Å². The van der Waals surface area contributed by atoms with E-state index in [-0.39, 0.29) is 5.75 Å². The van der Waals surface area contributed by atoms with E-state index in [1.54, 1.807) is 19.2 Å². The topological polar surface area (TPSA) is 71.0 Å². The van der Waals surface area contributed by atoms with Crippen LogP contribution in [0.1, 0.15) is 12.0 Å². The number of aromatic amines is 1. The number of aryl methyl sites for hydroxylation is 1. The Balaban J connectivity index is 1.99. The van der Waals surface area contributed by atoms with Crippen molar-refractivity contribution >= 4 is 11.0 Å². The van der Waals surface area contributed by atoms with Crippen LogP contribution in [0.3, 0.4) is 0 Å². The lowest BCUT2D eigenvalue weighted by Gasteiger charge is -2.04. The average molecular weight is 283 g/mol. The number of nitrogens with one attached hydrogen (secondary N) is 1. The standard InChI is InChI=1S/C16H17N3O2/c1-21-8-4-5-11-10-17-16-13(11)9-14(18-19-16)12-6-2-3-7-15(12)20/h2-3,6-7,9-10,20H,4-5,8H2,1H3,(H,17,19). The molecule has 21 heavy (non-hydrogen) atoms. The van der Waals surface area contributed by atoms with E-state index in [1.807, 2.05) is 24.4 Å². The molecule has 0 fully saturated rings. The van der Waals surface area contributed by atoms with Gasteiger partial charge in [0.25, 0.3) is 0 Å². The molecule has 0 spiro atoms.